The van der Waals surface area contributed by atoms with Crippen LogP contribution in [0.15, 0.2) is 23.6 Å². The van der Waals surface area contributed by atoms with Gasteiger partial charge in [-0.2, -0.15) is 0 Å². The molecule has 0 saturated carbocycles. The maximum atomic E-state index is 13.6. The van der Waals surface area contributed by atoms with Crippen LogP contribution < -0.4 is 0 Å². The number of aryl methyl sites for hydroxylation is 1. The van der Waals surface area contributed by atoms with E-state index in [1.54, 1.807) is 11.4 Å². The molecule has 78 valence electrons. The number of aliphatic hydroxyl groups is 1. The number of aromatic nitrogens is 1. The molecule has 0 fully saturated rings. The van der Waals surface area contributed by atoms with Crippen LogP contribution in [0.5, 0.6) is 0 Å². The predicted molar refractivity (Wildman–Crippen MR) is 58.2 cm³/mol. The second-order valence-corrected chi connectivity index (χ2v) is 4.14. The van der Waals surface area contributed by atoms with Gasteiger partial charge in [0.2, 0.25) is 0 Å². The fourth-order valence-electron chi connectivity index (χ4n) is 1.30. The Labute approximate surface area is 91.0 Å². The smallest absolute Gasteiger partial charge is 0.133 e. The summed E-state index contributed by atoms with van der Waals surface area (Å²) in [5.74, 6) is -0.270. The van der Waals surface area contributed by atoms with Crippen molar-refractivity contribution in [1.29, 1.82) is 0 Å². The Balaban J connectivity index is 2.44. The monoisotopic (exact) mass is 223 g/mol. The first-order valence-corrected chi connectivity index (χ1v) is 5.40. The molecule has 2 nitrogen and oxygen atoms in total. The molecule has 0 aliphatic carbocycles. The highest BCUT2D eigenvalue weighted by molar-refractivity contribution is 7.13. The molecular formula is C11H10FNOS. The van der Waals surface area contributed by atoms with E-state index in [0.717, 1.165) is 5.56 Å². The minimum atomic E-state index is -0.270. The number of hydrogen-bond acceptors (Lipinski definition) is 3. The second kappa shape index (κ2) is 4.08. The molecule has 0 bridgehead atoms. The molecule has 0 aliphatic heterocycles. The van der Waals surface area contributed by atoms with Crippen molar-refractivity contribution >= 4 is 11.3 Å². The fraction of sp³-hybridized carbons (Fsp3) is 0.182. The summed E-state index contributed by atoms with van der Waals surface area (Å²) in [5, 5.41) is 11.2. The van der Waals surface area contributed by atoms with Crippen molar-refractivity contribution < 1.29 is 9.50 Å². The Morgan fingerprint density at radius 3 is 2.87 bits per heavy atom. The van der Waals surface area contributed by atoms with Gasteiger partial charge < -0.3 is 5.11 Å². The van der Waals surface area contributed by atoms with Crippen LogP contribution in [0.25, 0.3) is 10.6 Å². The third-order valence-corrected chi connectivity index (χ3v) is 2.99. The molecular weight excluding hydrogens is 213 g/mol. The third kappa shape index (κ3) is 2.06. The molecule has 0 saturated heterocycles. The normalized spacial score (nSPS) is 10.6. The number of thiazole rings is 1. The van der Waals surface area contributed by atoms with Crippen LogP contribution in [0.4, 0.5) is 4.39 Å². The summed E-state index contributed by atoms with van der Waals surface area (Å²) >= 11 is 1.34. The number of hydrogen-bond donors (Lipinski definition) is 1. The van der Waals surface area contributed by atoms with Crippen LogP contribution in [0.3, 0.4) is 0 Å². The average molecular weight is 223 g/mol. The molecule has 1 heterocycles. The van der Waals surface area contributed by atoms with Crippen LogP contribution in [0.2, 0.25) is 0 Å². The summed E-state index contributed by atoms with van der Waals surface area (Å²) in [7, 11) is 0. The lowest BCUT2D eigenvalue weighted by atomic mass is 10.1. The van der Waals surface area contributed by atoms with Crippen molar-refractivity contribution in [2.75, 3.05) is 0 Å². The maximum Gasteiger partial charge on any atom is 0.133 e. The van der Waals surface area contributed by atoms with Gasteiger partial charge in [0.1, 0.15) is 10.8 Å². The zero-order chi connectivity index (χ0) is 10.8. The van der Waals surface area contributed by atoms with Crippen LogP contribution in [-0.2, 0) is 6.61 Å². The molecule has 0 atom stereocenters. The zero-order valence-corrected chi connectivity index (χ0v) is 9.01. The van der Waals surface area contributed by atoms with Gasteiger partial charge in [-0.25, -0.2) is 9.37 Å². The van der Waals surface area contributed by atoms with E-state index in [0.29, 0.717) is 16.3 Å². The Bertz CT molecular complexity index is 481. The Kier molecular flexibility index (Phi) is 2.79. The van der Waals surface area contributed by atoms with Crippen molar-refractivity contribution in [2.24, 2.45) is 0 Å². The Morgan fingerprint density at radius 2 is 2.27 bits per heavy atom. The fourth-order valence-corrected chi connectivity index (χ4v) is 2.13. The molecule has 1 aromatic heterocycles. The van der Waals surface area contributed by atoms with Gasteiger partial charge >= 0.3 is 0 Å². The van der Waals surface area contributed by atoms with Crippen molar-refractivity contribution in [3.05, 3.63) is 40.7 Å². The summed E-state index contributed by atoms with van der Waals surface area (Å²) < 4.78 is 13.6. The van der Waals surface area contributed by atoms with E-state index >= 15 is 0 Å². The summed E-state index contributed by atoms with van der Waals surface area (Å²) in [4.78, 5) is 4.12. The third-order valence-electron chi connectivity index (χ3n) is 2.07. The largest absolute Gasteiger partial charge is 0.390 e. The number of nitrogens with zero attached hydrogens (tertiary/aromatic N) is 1. The van der Waals surface area contributed by atoms with Crippen molar-refractivity contribution in [2.45, 2.75) is 13.5 Å². The van der Waals surface area contributed by atoms with Gasteiger partial charge in [-0.3, -0.25) is 0 Å². The molecule has 4 heteroatoms. The Hall–Kier alpha value is -1.26. The average Bonchev–Trinajstić information content (AvgIpc) is 2.66. The summed E-state index contributed by atoms with van der Waals surface area (Å²) in [6.45, 7) is 1.73. The molecule has 2 rings (SSSR count). The molecule has 15 heavy (non-hydrogen) atoms. The number of rotatable bonds is 2. The molecule has 1 N–H and O–H groups in total. The van der Waals surface area contributed by atoms with Crippen LogP contribution >= 0.6 is 11.3 Å². The predicted octanol–water partition coefficient (Wildman–Crippen LogP) is 2.75. The van der Waals surface area contributed by atoms with E-state index in [-0.39, 0.29) is 12.4 Å². The minimum absolute atomic E-state index is 0.107. The van der Waals surface area contributed by atoms with Crippen molar-refractivity contribution in [1.82, 2.24) is 4.98 Å². The van der Waals surface area contributed by atoms with Crippen molar-refractivity contribution in [3.8, 4) is 10.6 Å². The first kappa shape index (κ1) is 10.3. The van der Waals surface area contributed by atoms with Gasteiger partial charge in [-0.1, -0.05) is 6.07 Å². The lowest BCUT2D eigenvalue weighted by Crippen LogP contribution is -1.86. The van der Waals surface area contributed by atoms with Gasteiger partial charge in [-0.05, 0) is 24.6 Å². The maximum absolute atomic E-state index is 13.6. The number of aliphatic hydroxyl groups excluding tert-OH is 1. The molecule has 0 spiro atoms. The summed E-state index contributed by atoms with van der Waals surface area (Å²) in [5.41, 5.74) is 1.95. The molecule has 0 unspecified atom stereocenters. The van der Waals surface area contributed by atoms with E-state index in [1.165, 1.54) is 17.4 Å². The number of halogens is 1. The van der Waals surface area contributed by atoms with E-state index in [1.807, 2.05) is 13.0 Å². The first-order valence-electron chi connectivity index (χ1n) is 4.52. The van der Waals surface area contributed by atoms with E-state index in [4.69, 9.17) is 5.11 Å². The topological polar surface area (TPSA) is 33.1 Å². The molecule has 0 amide bonds. The van der Waals surface area contributed by atoms with Crippen LogP contribution in [0.1, 0.15) is 11.3 Å². The second-order valence-electron chi connectivity index (χ2n) is 3.29. The molecule has 2 aromatic rings. The van der Waals surface area contributed by atoms with E-state index < -0.39 is 0 Å². The highest BCUT2D eigenvalue weighted by Gasteiger charge is 2.09. The van der Waals surface area contributed by atoms with Crippen LogP contribution in [0, 0.1) is 12.7 Å². The number of benzene rings is 1. The van der Waals surface area contributed by atoms with E-state index in [9.17, 15) is 4.39 Å². The molecule has 1 aromatic carbocycles. The summed E-state index contributed by atoms with van der Waals surface area (Å²) in [6.07, 6.45) is 0. The van der Waals surface area contributed by atoms with Gasteiger partial charge in [0.25, 0.3) is 0 Å². The first-order chi connectivity index (χ1) is 7.20. The van der Waals surface area contributed by atoms with Crippen LogP contribution in [-0.4, -0.2) is 10.1 Å². The quantitative estimate of drug-likeness (QED) is 0.849. The zero-order valence-electron chi connectivity index (χ0n) is 8.20. The lowest BCUT2D eigenvalue weighted by molar-refractivity contribution is 0.278. The minimum Gasteiger partial charge on any atom is -0.390 e. The lowest BCUT2D eigenvalue weighted by Gasteiger charge is -1.99. The van der Waals surface area contributed by atoms with Crippen molar-refractivity contribution in [3.63, 3.8) is 0 Å². The summed E-state index contributed by atoms with van der Waals surface area (Å²) in [6, 6.07) is 5.04. The highest BCUT2D eigenvalue weighted by Crippen LogP contribution is 2.26. The van der Waals surface area contributed by atoms with Gasteiger partial charge in [0.15, 0.2) is 0 Å². The van der Waals surface area contributed by atoms with Gasteiger partial charge in [0, 0.05) is 10.9 Å². The molecule has 0 radical (unpaired) electrons. The molecule has 0 aliphatic rings. The SMILES string of the molecule is Cc1ccc(-c2nc(CO)cs2)c(F)c1. The standard InChI is InChI=1S/C11H10FNOS/c1-7-2-3-9(10(12)4-7)11-13-8(5-14)6-15-11/h2-4,6,14H,5H2,1H3. The van der Waals surface area contributed by atoms with Gasteiger partial charge in [0.05, 0.1) is 12.3 Å². The van der Waals surface area contributed by atoms with E-state index in [2.05, 4.69) is 4.98 Å². The van der Waals surface area contributed by atoms with Gasteiger partial charge in [-0.15, -0.1) is 11.3 Å². The highest BCUT2D eigenvalue weighted by atomic mass is 32.1. The Morgan fingerprint density at radius 1 is 1.47 bits per heavy atom.